The first-order valence-corrected chi connectivity index (χ1v) is 6.03. The Labute approximate surface area is 88.6 Å². The summed E-state index contributed by atoms with van der Waals surface area (Å²) in [7, 11) is -3.44. The van der Waals surface area contributed by atoms with Gasteiger partial charge in [-0.1, -0.05) is 17.7 Å². The summed E-state index contributed by atoms with van der Waals surface area (Å²) in [4.78, 5) is 10.7. The van der Waals surface area contributed by atoms with E-state index in [2.05, 4.69) is 0 Å². The van der Waals surface area contributed by atoms with Crippen LogP contribution in [0, 0.1) is 6.92 Å². The van der Waals surface area contributed by atoms with Crippen molar-refractivity contribution in [2.24, 2.45) is 0 Å². The highest BCUT2D eigenvalue weighted by molar-refractivity contribution is 7.89. The van der Waals surface area contributed by atoms with Crippen molar-refractivity contribution in [2.45, 2.75) is 17.9 Å². The number of benzene rings is 1. The van der Waals surface area contributed by atoms with Crippen LogP contribution in [-0.2, 0) is 14.8 Å². The third-order valence-electron chi connectivity index (χ3n) is 2.39. The van der Waals surface area contributed by atoms with Gasteiger partial charge in [-0.25, -0.2) is 8.42 Å². The summed E-state index contributed by atoms with van der Waals surface area (Å²) in [6.07, 6.45) is 0.658. The maximum absolute atomic E-state index is 11.8. The Morgan fingerprint density at radius 1 is 1.33 bits per heavy atom. The number of sulfonamides is 1. The van der Waals surface area contributed by atoms with Crippen LogP contribution >= 0.6 is 0 Å². The van der Waals surface area contributed by atoms with E-state index in [9.17, 15) is 13.2 Å². The first-order valence-electron chi connectivity index (χ1n) is 4.59. The highest BCUT2D eigenvalue weighted by Crippen LogP contribution is 2.26. The van der Waals surface area contributed by atoms with Crippen LogP contribution < -0.4 is 0 Å². The van der Waals surface area contributed by atoms with Gasteiger partial charge in [0, 0.05) is 6.54 Å². The lowest BCUT2D eigenvalue weighted by Crippen LogP contribution is -2.15. The minimum Gasteiger partial charge on any atom is -0.302 e. The standard InChI is InChI=1S/C10H11NO3S/c1-8-2-4-10(5-3-8)15(13,14)11-6-9(11)7-12/h2-5,7,9H,6H2,1H3/t9-,11?/m0/s1. The second-order valence-corrected chi connectivity index (χ2v) is 5.48. The minimum atomic E-state index is -3.44. The third kappa shape index (κ3) is 1.80. The highest BCUT2D eigenvalue weighted by Gasteiger charge is 2.44. The van der Waals surface area contributed by atoms with Crippen molar-refractivity contribution >= 4 is 16.3 Å². The minimum absolute atomic E-state index is 0.248. The van der Waals surface area contributed by atoms with E-state index in [1.807, 2.05) is 6.92 Å². The number of hydrogen-bond donors (Lipinski definition) is 0. The molecule has 1 aliphatic rings. The molecule has 1 heterocycles. The lowest BCUT2D eigenvalue weighted by atomic mass is 10.2. The maximum atomic E-state index is 11.8. The van der Waals surface area contributed by atoms with Crippen LogP contribution in [0.5, 0.6) is 0 Å². The number of nitrogens with zero attached hydrogens (tertiary/aromatic N) is 1. The Bertz CT molecular complexity index is 478. The average molecular weight is 225 g/mol. The van der Waals surface area contributed by atoms with E-state index in [-0.39, 0.29) is 4.90 Å². The molecule has 1 aromatic rings. The molecule has 0 aromatic heterocycles. The first-order chi connectivity index (χ1) is 7.05. The van der Waals surface area contributed by atoms with Crippen molar-refractivity contribution < 1.29 is 13.2 Å². The molecule has 0 radical (unpaired) electrons. The Balaban J connectivity index is 2.31. The molecule has 0 spiro atoms. The van der Waals surface area contributed by atoms with E-state index < -0.39 is 16.1 Å². The molecule has 0 amide bonds. The quantitative estimate of drug-likeness (QED) is 0.558. The van der Waals surface area contributed by atoms with E-state index in [4.69, 9.17) is 0 Å². The number of carbonyl (C=O) groups excluding carboxylic acids is 1. The van der Waals surface area contributed by atoms with Gasteiger partial charge < -0.3 is 4.79 Å². The Hall–Kier alpha value is -1.20. The van der Waals surface area contributed by atoms with Crippen molar-refractivity contribution in [1.82, 2.24) is 4.31 Å². The van der Waals surface area contributed by atoms with Gasteiger partial charge in [0.05, 0.1) is 10.9 Å². The number of aldehydes is 1. The summed E-state index contributed by atoms with van der Waals surface area (Å²) in [6, 6.07) is 6.14. The molecule has 0 aliphatic carbocycles. The predicted octanol–water partition coefficient (Wildman–Crippen LogP) is 0.567. The summed E-state index contributed by atoms with van der Waals surface area (Å²) in [5, 5.41) is 0. The second kappa shape index (κ2) is 3.43. The molecule has 1 aromatic carbocycles. The van der Waals surface area contributed by atoms with Crippen molar-refractivity contribution in [3.8, 4) is 0 Å². The molecule has 5 heteroatoms. The number of rotatable bonds is 3. The highest BCUT2D eigenvalue weighted by atomic mass is 32.2. The molecule has 0 N–H and O–H groups in total. The third-order valence-corrected chi connectivity index (χ3v) is 4.29. The molecule has 80 valence electrons. The molecule has 0 saturated carbocycles. The van der Waals surface area contributed by atoms with E-state index >= 15 is 0 Å². The smallest absolute Gasteiger partial charge is 0.243 e. The van der Waals surface area contributed by atoms with Gasteiger partial charge in [-0.15, -0.1) is 0 Å². The molecule has 1 saturated heterocycles. The van der Waals surface area contributed by atoms with Gasteiger partial charge in [0.15, 0.2) is 0 Å². The molecule has 2 atom stereocenters. The van der Waals surface area contributed by atoms with Gasteiger partial charge in [0.25, 0.3) is 0 Å². The summed E-state index contributed by atoms with van der Waals surface area (Å²) in [6.45, 7) is 2.20. The van der Waals surface area contributed by atoms with E-state index in [1.165, 1.54) is 4.31 Å². The Morgan fingerprint density at radius 3 is 2.40 bits per heavy atom. The van der Waals surface area contributed by atoms with Crippen LogP contribution in [-0.4, -0.2) is 31.6 Å². The zero-order chi connectivity index (χ0) is 11.1. The zero-order valence-corrected chi connectivity index (χ0v) is 9.07. The van der Waals surface area contributed by atoms with Gasteiger partial charge >= 0.3 is 0 Å². The lowest BCUT2D eigenvalue weighted by molar-refractivity contribution is -0.107. The zero-order valence-electron chi connectivity index (χ0n) is 8.25. The van der Waals surface area contributed by atoms with Crippen LogP contribution in [0.2, 0.25) is 0 Å². The molecule has 0 bridgehead atoms. The maximum Gasteiger partial charge on any atom is 0.243 e. The fourth-order valence-electron chi connectivity index (χ4n) is 1.37. The topological polar surface area (TPSA) is 54.2 Å². The molecule has 2 rings (SSSR count). The van der Waals surface area contributed by atoms with Crippen LogP contribution in [0.25, 0.3) is 0 Å². The lowest BCUT2D eigenvalue weighted by Gasteiger charge is -2.04. The molecule has 1 fully saturated rings. The Kier molecular flexibility index (Phi) is 2.36. The SMILES string of the molecule is Cc1ccc(S(=O)(=O)N2C[C@H]2C=O)cc1. The van der Waals surface area contributed by atoms with Gasteiger partial charge in [0.2, 0.25) is 10.0 Å². The van der Waals surface area contributed by atoms with Gasteiger partial charge in [-0.2, -0.15) is 4.31 Å². The molecule has 15 heavy (non-hydrogen) atoms. The monoisotopic (exact) mass is 225 g/mol. The van der Waals surface area contributed by atoms with Crippen molar-refractivity contribution in [3.63, 3.8) is 0 Å². The molecule has 1 aliphatic heterocycles. The first kappa shape index (κ1) is 10.3. The van der Waals surface area contributed by atoms with E-state index in [1.54, 1.807) is 24.3 Å². The van der Waals surface area contributed by atoms with Crippen LogP contribution in [0.3, 0.4) is 0 Å². The number of aryl methyl sites for hydroxylation is 1. The summed E-state index contributed by atoms with van der Waals surface area (Å²) >= 11 is 0. The van der Waals surface area contributed by atoms with Crippen molar-refractivity contribution in [3.05, 3.63) is 29.8 Å². The number of hydrogen-bond acceptors (Lipinski definition) is 3. The van der Waals surface area contributed by atoms with E-state index in [0.717, 1.165) is 5.56 Å². The van der Waals surface area contributed by atoms with Gasteiger partial charge in [-0.05, 0) is 19.1 Å². The summed E-state index contributed by atoms with van der Waals surface area (Å²) in [5.74, 6) is 0. The fraction of sp³-hybridized carbons (Fsp3) is 0.300. The predicted molar refractivity (Wildman–Crippen MR) is 54.9 cm³/mol. The molecular weight excluding hydrogens is 214 g/mol. The van der Waals surface area contributed by atoms with Gasteiger partial charge in [-0.3, -0.25) is 0 Å². The van der Waals surface area contributed by atoms with Crippen molar-refractivity contribution in [2.75, 3.05) is 6.54 Å². The second-order valence-electron chi connectivity index (χ2n) is 3.59. The van der Waals surface area contributed by atoms with Crippen molar-refractivity contribution in [1.29, 1.82) is 0 Å². The molecule has 1 unspecified atom stereocenters. The largest absolute Gasteiger partial charge is 0.302 e. The normalized spacial score (nSPS) is 24.9. The van der Waals surface area contributed by atoms with Crippen LogP contribution in [0.4, 0.5) is 0 Å². The Morgan fingerprint density at radius 2 is 1.93 bits per heavy atom. The van der Waals surface area contributed by atoms with Crippen LogP contribution in [0.15, 0.2) is 29.2 Å². The molecule has 4 nitrogen and oxygen atoms in total. The van der Waals surface area contributed by atoms with Crippen LogP contribution in [0.1, 0.15) is 5.56 Å². The summed E-state index contributed by atoms with van der Waals surface area (Å²) < 4.78 is 24.9. The average Bonchev–Trinajstić information content (AvgIpc) is 2.98. The van der Waals surface area contributed by atoms with Gasteiger partial charge in [0.1, 0.15) is 6.29 Å². The summed E-state index contributed by atoms with van der Waals surface area (Å²) in [5.41, 5.74) is 1.01. The van der Waals surface area contributed by atoms with E-state index in [0.29, 0.717) is 12.8 Å². The number of carbonyl (C=O) groups is 1. The fourth-order valence-corrected chi connectivity index (χ4v) is 2.88. The molecular formula is C10H11NO3S.